The molecular formula is C28H37N3O6S. The van der Waals surface area contributed by atoms with E-state index in [1.165, 1.54) is 25.3 Å². The lowest BCUT2D eigenvalue weighted by atomic mass is 9.95. The molecule has 1 amide bonds. The Hall–Kier alpha value is -3.27. The first kappa shape index (κ1) is 27.8. The van der Waals surface area contributed by atoms with Crippen molar-refractivity contribution in [3.05, 3.63) is 52.4 Å². The molecule has 0 unspecified atom stereocenters. The van der Waals surface area contributed by atoms with E-state index in [1.54, 1.807) is 22.8 Å². The molecule has 0 radical (unpaired) electrons. The molecule has 38 heavy (non-hydrogen) atoms. The summed E-state index contributed by atoms with van der Waals surface area (Å²) in [5.74, 6) is 0.221. The summed E-state index contributed by atoms with van der Waals surface area (Å²) in [7, 11) is -3.04. The quantitative estimate of drug-likeness (QED) is 0.412. The number of benzene rings is 2. The number of hydrogen-bond acceptors (Lipinski definition) is 6. The molecule has 1 fully saturated rings. The van der Waals surface area contributed by atoms with Gasteiger partial charge in [-0.15, -0.1) is 0 Å². The van der Waals surface area contributed by atoms with Gasteiger partial charge in [-0.1, -0.05) is 26.2 Å². The largest absolute Gasteiger partial charge is 0.495 e. The van der Waals surface area contributed by atoms with Gasteiger partial charge in [0.05, 0.1) is 24.8 Å². The first-order valence-electron chi connectivity index (χ1n) is 13.2. The zero-order chi connectivity index (χ0) is 27.7. The van der Waals surface area contributed by atoms with E-state index in [-0.39, 0.29) is 33.7 Å². The lowest BCUT2D eigenvalue weighted by molar-refractivity contribution is 0.0910. The molecule has 0 spiro atoms. The average molecular weight is 544 g/mol. The third-order valence-electron chi connectivity index (χ3n) is 7.34. The number of amides is 1. The van der Waals surface area contributed by atoms with E-state index in [1.807, 2.05) is 27.7 Å². The molecule has 0 atom stereocenters. The van der Waals surface area contributed by atoms with Gasteiger partial charge in [0, 0.05) is 23.2 Å². The summed E-state index contributed by atoms with van der Waals surface area (Å²) in [5.41, 5.74) is 0.0180. The first-order chi connectivity index (χ1) is 18.0. The summed E-state index contributed by atoms with van der Waals surface area (Å²) < 4.78 is 41.6. The Balaban J connectivity index is 1.87. The lowest BCUT2D eigenvalue weighted by Gasteiger charge is -2.24. The molecule has 1 N–H and O–H groups in total. The lowest BCUT2D eigenvalue weighted by Crippen LogP contribution is -2.42. The van der Waals surface area contributed by atoms with Gasteiger partial charge in [0.2, 0.25) is 0 Å². The van der Waals surface area contributed by atoms with Gasteiger partial charge >= 0.3 is 5.69 Å². The van der Waals surface area contributed by atoms with Crippen LogP contribution in [0.5, 0.6) is 11.5 Å². The molecule has 1 saturated carbocycles. The van der Waals surface area contributed by atoms with Crippen LogP contribution in [0.3, 0.4) is 0 Å². The van der Waals surface area contributed by atoms with Gasteiger partial charge < -0.3 is 14.8 Å². The molecule has 1 aliphatic rings. The summed E-state index contributed by atoms with van der Waals surface area (Å²) in [6, 6.07) is 9.08. The number of carbonyl (C=O) groups is 1. The number of carbonyl (C=O) groups excluding carboxylic acids is 1. The Morgan fingerprint density at radius 2 is 1.76 bits per heavy atom. The van der Waals surface area contributed by atoms with E-state index in [2.05, 4.69) is 5.32 Å². The molecule has 4 rings (SSSR count). The van der Waals surface area contributed by atoms with Crippen LogP contribution < -0.4 is 20.5 Å². The van der Waals surface area contributed by atoms with E-state index >= 15 is 0 Å². The number of ether oxygens (including phenoxy) is 2. The number of methoxy groups -OCH3 is 1. The van der Waals surface area contributed by atoms with Crippen LogP contribution in [0, 0.1) is 0 Å². The van der Waals surface area contributed by atoms with Crippen molar-refractivity contribution in [2.45, 2.75) is 82.7 Å². The van der Waals surface area contributed by atoms with Crippen molar-refractivity contribution in [1.29, 1.82) is 0 Å². The van der Waals surface area contributed by atoms with Gasteiger partial charge in [0.25, 0.3) is 15.9 Å². The first-order valence-corrected chi connectivity index (χ1v) is 14.6. The molecule has 10 heteroatoms. The Morgan fingerprint density at radius 3 is 2.39 bits per heavy atom. The van der Waals surface area contributed by atoms with Gasteiger partial charge in [0.1, 0.15) is 16.4 Å². The van der Waals surface area contributed by atoms with Gasteiger partial charge in [-0.25, -0.2) is 13.2 Å². The second-order valence-electron chi connectivity index (χ2n) is 10.4. The average Bonchev–Trinajstić information content (AvgIpc) is 3.20. The Bertz CT molecular complexity index is 1500. The van der Waals surface area contributed by atoms with E-state index < -0.39 is 21.3 Å². The maximum atomic E-state index is 14.0. The predicted octanol–water partition coefficient (Wildman–Crippen LogP) is 4.87. The van der Waals surface area contributed by atoms with Gasteiger partial charge in [-0.2, -0.15) is 3.97 Å². The monoisotopic (exact) mass is 543 g/mol. The number of hydrogen-bond donors (Lipinski definition) is 1. The minimum Gasteiger partial charge on any atom is -0.495 e. The van der Waals surface area contributed by atoms with Crippen LogP contribution in [-0.4, -0.2) is 42.1 Å². The zero-order valence-electron chi connectivity index (χ0n) is 22.7. The topological polar surface area (TPSA) is 109 Å². The van der Waals surface area contributed by atoms with E-state index in [4.69, 9.17) is 9.47 Å². The summed E-state index contributed by atoms with van der Waals surface area (Å²) in [6.07, 6.45) is 5.39. The standard InChI is InChI=1S/C28H37N3O6S/c1-6-28(3,4)29-26(32)19-13-16-25(24(17-19)36-5)38(34,35)31-22-15-14-21(37-7-2)18-23(22)30(27(31)33)20-11-9-8-10-12-20/h13-18,20H,6-12H2,1-5H3,(H,29,32). The molecule has 9 nitrogen and oxygen atoms in total. The second kappa shape index (κ2) is 10.8. The van der Waals surface area contributed by atoms with Crippen LogP contribution in [0.2, 0.25) is 0 Å². The van der Waals surface area contributed by atoms with E-state index in [0.29, 0.717) is 17.9 Å². The number of rotatable bonds is 9. The second-order valence-corrected chi connectivity index (χ2v) is 12.1. The van der Waals surface area contributed by atoms with E-state index in [9.17, 15) is 18.0 Å². The third-order valence-corrected chi connectivity index (χ3v) is 9.06. The maximum absolute atomic E-state index is 14.0. The molecule has 0 saturated heterocycles. The van der Waals surface area contributed by atoms with Crippen LogP contribution in [-0.2, 0) is 10.0 Å². The van der Waals surface area contributed by atoms with Crippen molar-refractivity contribution < 1.29 is 22.7 Å². The van der Waals surface area contributed by atoms with Crippen molar-refractivity contribution in [3.63, 3.8) is 0 Å². The Kier molecular flexibility index (Phi) is 7.92. The molecule has 206 valence electrons. The molecule has 1 aliphatic carbocycles. The highest BCUT2D eigenvalue weighted by Crippen LogP contribution is 2.34. The predicted molar refractivity (Wildman–Crippen MR) is 147 cm³/mol. The SMILES string of the molecule is CCOc1ccc2c(c1)n(C1CCCCC1)c(=O)n2S(=O)(=O)c1ccc(C(=O)NC(C)(C)CC)cc1OC. The normalized spacial score (nSPS) is 15.0. The minimum atomic E-state index is -4.38. The van der Waals surface area contributed by atoms with E-state index in [0.717, 1.165) is 42.5 Å². The van der Waals surface area contributed by atoms with Crippen molar-refractivity contribution >= 4 is 27.0 Å². The molecule has 0 aliphatic heterocycles. The number of fused-ring (bicyclic) bond motifs is 1. The summed E-state index contributed by atoms with van der Waals surface area (Å²) >= 11 is 0. The smallest absolute Gasteiger partial charge is 0.343 e. The van der Waals surface area contributed by atoms with Crippen LogP contribution in [0.25, 0.3) is 11.0 Å². The fraction of sp³-hybridized carbons (Fsp3) is 0.500. The zero-order valence-corrected chi connectivity index (χ0v) is 23.6. The van der Waals surface area contributed by atoms with Crippen molar-refractivity contribution in [2.24, 2.45) is 0 Å². The molecule has 2 aromatic carbocycles. The molecule has 1 heterocycles. The fourth-order valence-electron chi connectivity index (χ4n) is 4.94. The van der Waals surface area contributed by atoms with Crippen LogP contribution in [0.4, 0.5) is 0 Å². The van der Waals surface area contributed by atoms with Gasteiger partial charge in [-0.05, 0) is 70.4 Å². The molecule has 3 aromatic rings. The third kappa shape index (κ3) is 5.18. The summed E-state index contributed by atoms with van der Waals surface area (Å²) in [5, 5.41) is 2.94. The number of nitrogens with zero attached hydrogens (tertiary/aromatic N) is 2. The van der Waals surface area contributed by atoms with Crippen molar-refractivity contribution in [3.8, 4) is 11.5 Å². The Morgan fingerprint density at radius 1 is 1.05 bits per heavy atom. The summed E-state index contributed by atoms with van der Waals surface area (Å²) in [6.45, 7) is 8.10. The Labute approximate surface area is 223 Å². The number of nitrogens with one attached hydrogen (secondary N) is 1. The molecule has 1 aromatic heterocycles. The highest BCUT2D eigenvalue weighted by atomic mass is 32.2. The molecule has 0 bridgehead atoms. The van der Waals surface area contributed by atoms with Crippen LogP contribution in [0.1, 0.15) is 82.6 Å². The highest BCUT2D eigenvalue weighted by molar-refractivity contribution is 7.90. The van der Waals surface area contributed by atoms with Crippen LogP contribution in [0.15, 0.2) is 46.1 Å². The number of imidazole rings is 1. The van der Waals surface area contributed by atoms with Crippen molar-refractivity contribution in [1.82, 2.24) is 13.9 Å². The molecular weight excluding hydrogens is 506 g/mol. The van der Waals surface area contributed by atoms with Crippen LogP contribution >= 0.6 is 0 Å². The van der Waals surface area contributed by atoms with Crippen molar-refractivity contribution in [2.75, 3.05) is 13.7 Å². The highest BCUT2D eigenvalue weighted by Gasteiger charge is 2.31. The minimum absolute atomic E-state index is 0.0108. The summed E-state index contributed by atoms with van der Waals surface area (Å²) in [4.78, 5) is 26.5. The van der Waals surface area contributed by atoms with Gasteiger partial charge in [-0.3, -0.25) is 9.36 Å². The fourth-order valence-corrected chi connectivity index (χ4v) is 6.48. The number of aromatic nitrogens is 2. The maximum Gasteiger partial charge on any atom is 0.343 e. The van der Waals surface area contributed by atoms with Gasteiger partial charge in [0.15, 0.2) is 0 Å².